The van der Waals surface area contributed by atoms with E-state index in [9.17, 15) is 13.2 Å². The fourth-order valence-corrected chi connectivity index (χ4v) is 3.64. The Morgan fingerprint density at radius 1 is 1.07 bits per heavy atom. The zero-order chi connectivity index (χ0) is 20.2. The lowest BCUT2D eigenvalue weighted by Crippen LogP contribution is -2.41. The van der Waals surface area contributed by atoms with Crippen LogP contribution in [0.1, 0.15) is 29.8 Å². The highest BCUT2D eigenvalue weighted by Crippen LogP contribution is 2.25. The molecule has 7 heteroatoms. The maximum atomic E-state index is 13.2. The van der Waals surface area contributed by atoms with Gasteiger partial charge in [0, 0.05) is 25.3 Å². The molecule has 2 aromatic carbocycles. The van der Waals surface area contributed by atoms with Crippen LogP contribution in [0.5, 0.6) is 0 Å². The average Bonchev–Trinajstić information content (AvgIpc) is 2.63. The first kappa shape index (κ1) is 20.5. The maximum absolute atomic E-state index is 13.2. The van der Waals surface area contributed by atoms with Gasteiger partial charge < -0.3 is 4.90 Å². The van der Waals surface area contributed by atoms with Crippen molar-refractivity contribution in [2.45, 2.75) is 25.5 Å². The smallest absolute Gasteiger partial charge is 0.272 e. The summed E-state index contributed by atoms with van der Waals surface area (Å²) in [5, 5.41) is 8.03. The standard InChI is InChI=1S/C20H23N3O3S/c1-15(2)27(25,26)23(18-10-8-16(9-11-18)12-13-21)20(24)17-6-5-7-19(14-17)22(3)4/h5-11,14-15H,12H2,1-4H3. The monoisotopic (exact) mass is 385 g/mol. The molecular formula is C20H23N3O3S. The molecule has 0 atom stereocenters. The number of carbonyl (C=O) groups excluding carboxylic acids is 1. The number of amides is 1. The van der Waals surface area contributed by atoms with Gasteiger partial charge in [-0.05, 0) is 49.7 Å². The van der Waals surface area contributed by atoms with Crippen molar-refractivity contribution >= 4 is 27.3 Å². The lowest BCUT2D eigenvalue weighted by atomic mass is 10.1. The van der Waals surface area contributed by atoms with Gasteiger partial charge in [0.1, 0.15) is 0 Å². The van der Waals surface area contributed by atoms with Crippen LogP contribution in [0, 0.1) is 11.3 Å². The summed E-state index contributed by atoms with van der Waals surface area (Å²) in [6.07, 6.45) is 0.218. The predicted molar refractivity (Wildman–Crippen MR) is 107 cm³/mol. The van der Waals surface area contributed by atoms with E-state index in [2.05, 4.69) is 0 Å². The molecule has 6 nitrogen and oxygen atoms in total. The predicted octanol–water partition coefficient (Wildman–Crippen LogP) is 3.20. The van der Waals surface area contributed by atoms with E-state index in [0.717, 1.165) is 15.6 Å². The van der Waals surface area contributed by atoms with E-state index < -0.39 is 21.2 Å². The van der Waals surface area contributed by atoms with Crippen LogP contribution in [-0.2, 0) is 16.4 Å². The molecule has 0 aromatic heterocycles. The van der Waals surface area contributed by atoms with Gasteiger partial charge in [-0.1, -0.05) is 18.2 Å². The van der Waals surface area contributed by atoms with Crippen LogP contribution in [0.3, 0.4) is 0 Å². The van der Waals surface area contributed by atoms with Gasteiger partial charge in [0.15, 0.2) is 0 Å². The normalized spacial score (nSPS) is 11.1. The van der Waals surface area contributed by atoms with Crippen LogP contribution >= 0.6 is 0 Å². The molecule has 2 aromatic rings. The van der Waals surface area contributed by atoms with Crippen LogP contribution in [0.2, 0.25) is 0 Å². The first-order valence-corrected chi connectivity index (χ1v) is 10.0. The second-order valence-electron chi connectivity index (χ2n) is 6.61. The molecule has 0 aliphatic rings. The molecule has 1 amide bonds. The fraction of sp³-hybridized carbons (Fsp3) is 0.300. The molecular weight excluding hydrogens is 362 g/mol. The van der Waals surface area contributed by atoms with Crippen molar-refractivity contribution in [1.82, 2.24) is 0 Å². The highest BCUT2D eigenvalue weighted by Gasteiger charge is 2.32. The first-order chi connectivity index (χ1) is 12.7. The Balaban J connectivity index is 2.55. The van der Waals surface area contributed by atoms with E-state index in [1.807, 2.05) is 31.1 Å². The Kier molecular flexibility index (Phi) is 6.24. The van der Waals surface area contributed by atoms with Crippen LogP contribution in [0.15, 0.2) is 48.5 Å². The maximum Gasteiger partial charge on any atom is 0.272 e. The quantitative estimate of drug-likeness (QED) is 0.763. The van der Waals surface area contributed by atoms with Crippen LogP contribution < -0.4 is 9.21 Å². The molecule has 2 rings (SSSR count). The SMILES string of the molecule is CC(C)S(=O)(=O)N(C(=O)c1cccc(N(C)C)c1)c1ccc(CC#N)cc1. The van der Waals surface area contributed by atoms with Crippen molar-refractivity contribution in [3.63, 3.8) is 0 Å². The fourth-order valence-electron chi connectivity index (χ4n) is 2.47. The molecule has 0 unspecified atom stereocenters. The van der Waals surface area contributed by atoms with Crippen LogP contribution in [0.4, 0.5) is 11.4 Å². The van der Waals surface area contributed by atoms with Gasteiger partial charge >= 0.3 is 0 Å². The summed E-state index contributed by atoms with van der Waals surface area (Å²) in [4.78, 5) is 15.0. The van der Waals surface area contributed by atoms with E-state index in [1.165, 1.54) is 13.8 Å². The van der Waals surface area contributed by atoms with E-state index >= 15 is 0 Å². The summed E-state index contributed by atoms with van der Waals surface area (Å²) < 4.78 is 26.7. The molecule has 0 heterocycles. The summed E-state index contributed by atoms with van der Waals surface area (Å²) >= 11 is 0. The molecule has 0 bridgehead atoms. The van der Waals surface area contributed by atoms with E-state index in [-0.39, 0.29) is 17.7 Å². The van der Waals surface area contributed by atoms with Crippen LogP contribution in [-0.4, -0.2) is 33.7 Å². The number of anilines is 2. The Morgan fingerprint density at radius 3 is 2.22 bits per heavy atom. The van der Waals surface area contributed by atoms with Crippen LogP contribution in [0.25, 0.3) is 0 Å². The Bertz CT molecular complexity index is 959. The minimum Gasteiger partial charge on any atom is -0.378 e. The Hall–Kier alpha value is -2.85. The van der Waals surface area contributed by atoms with Crippen molar-refractivity contribution in [2.24, 2.45) is 0 Å². The molecule has 0 aliphatic carbocycles. The summed E-state index contributed by atoms with van der Waals surface area (Å²) in [5.74, 6) is -0.611. The average molecular weight is 385 g/mol. The zero-order valence-corrected chi connectivity index (χ0v) is 16.7. The molecule has 0 saturated heterocycles. The molecule has 0 N–H and O–H groups in total. The molecule has 0 spiro atoms. The number of hydrogen-bond acceptors (Lipinski definition) is 5. The number of hydrogen-bond donors (Lipinski definition) is 0. The van der Waals surface area contributed by atoms with E-state index in [1.54, 1.807) is 42.5 Å². The summed E-state index contributed by atoms with van der Waals surface area (Å²) in [5.41, 5.74) is 2.09. The zero-order valence-electron chi connectivity index (χ0n) is 15.9. The van der Waals surface area contributed by atoms with Gasteiger partial charge in [-0.3, -0.25) is 4.79 Å². The number of rotatable bonds is 6. The van der Waals surface area contributed by atoms with Crippen molar-refractivity contribution in [2.75, 3.05) is 23.3 Å². The first-order valence-electron chi connectivity index (χ1n) is 8.50. The second kappa shape index (κ2) is 8.23. The van der Waals surface area contributed by atoms with Gasteiger partial charge in [-0.2, -0.15) is 5.26 Å². The lowest BCUT2D eigenvalue weighted by Gasteiger charge is -2.25. The van der Waals surface area contributed by atoms with Crippen molar-refractivity contribution in [3.05, 3.63) is 59.7 Å². The topological polar surface area (TPSA) is 81.5 Å². The van der Waals surface area contributed by atoms with Gasteiger partial charge in [0.25, 0.3) is 5.91 Å². The number of benzene rings is 2. The third-order valence-corrected chi connectivity index (χ3v) is 6.18. The molecule has 0 radical (unpaired) electrons. The second-order valence-corrected chi connectivity index (χ2v) is 8.95. The molecule has 0 saturated carbocycles. The summed E-state index contributed by atoms with van der Waals surface area (Å²) in [6, 6.07) is 15.3. The lowest BCUT2D eigenvalue weighted by molar-refractivity contribution is 0.100. The molecule has 142 valence electrons. The largest absolute Gasteiger partial charge is 0.378 e. The number of sulfonamides is 1. The number of nitrogens with zero attached hydrogens (tertiary/aromatic N) is 3. The summed E-state index contributed by atoms with van der Waals surface area (Å²) in [6.45, 7) is 3.08. The Labute approximate surface area is 160 Å². The molecule has 27 heavy (non-hydrogen) atoms. The Morgan fingerprint density at radius 2 is 1.70 bits per heavy atom. The van der Waals surface area contributed by atoms with E-state index in [0.29, 0.717) is 0 Å². The van der Waals surface area contributed by atoms with Gasteiger partial charge in [-0.15, -0.1) is 0 Å². The van der Waals surface area contributed by atoms with Crippen molar-refractivity contribution in [1.29, 1.82) is 5.26 Å². The number of nitriles is 1. The third-order valence-electron chi connectivity index (χ3n) is 4.10. The van der Waals surface area contributed by atoms with Gasteiger partial charge in [0.2, 0.25) is 10.0 Å². The molecule has 0 fully saturated rings. The molecule has 0 aliphatic heterocycles. The highest BCUT2D eigenvalue weighted by molar-refractivity contribution is 7.94. The highest BCUT2D eigenvalue weighted by atomic mass is 32.2. The minimum atomic E-state index is -3.89. The minimum absolute atomic E-state index is 0.218. The van der Waals surface area contributed by atoms with Crippen molar-refractivity contribution < 1.29 is 13.2 Å². The summed E-state index contributed by atoms with van der Waals surface area (Å²) in [7, 11) is -0.198. The van der Waals surface area contributed by atoms with Crippen molar-refractivity contribution in [3.8, 4) is 6.07 Å². The number of carbonyl (C=O) groups is 1. The third kappa shape index (κ3) is 4.47. The van der Waals surface area contributed by atoms with Gasteiger partial charge in [-0.25, -0.2) is 12.7 Å². The van der Waals surface area contributed by atoms with Gasteiger partial charge in [0.05, 0.1) is 23.4 Å². The van der Waals surface area contributed by atoms with E-state index in [4.69, 9.17) is 5.26 Å².